The number of aliphatic hydroxyl groups excluding tert-OH is 3. The molecule has 0 spiro atoms. The van der Waals surface area contributed by atoms with E-state index in [1.807, 2.05) is 36.4 Å². The fourth-order valence-electron chi connectivity index (χ4n) is 15.8. The lowest BCUT2D eigenvalue weighted by Crippen LogP contribution is -2.71. The molecule has 0 unspecified atom stereocenters. The average Bonchev–Trinajstić information content (AvgIpc) is 3.42. The van der Waals surface area contributed by atoms with Gasteiger partial charge in [-0.3, -0.25) is 9.59 Å². The Hall–Kier alpha value is -5.37. The van der Waals surface area contributed by atoms with Gasteiger partial charge in [-0.1, -0.05) is 73.6 Å². The molecular weight excluding hydrogens is 989 g/mol. The van der Waals surface area contributed by atoms with E-state index in [2.05, 4.69) is 40.7 Å². The van der Waals surface area contributed by atoms with Gasteiger partial charge in [-0.15, -0.1) is 0 Å². The summed E-state index contributed by atoms with van der Waals surface area (Å²) < 4.78 is 18.5. The van der Waals surface area contributed by atoms with Crippen LogP contribution in [0.4, 0.5) is 5.69 Å². The number of rotatable bonds is 11. The van der Waals surface area contributed by atoms with E-state index in [-0.39, 0.29) is 98.0 Å². The third-order valence-electron chi connectivity index (χ3n) is 19.5. The number of phenolic OH excluding ortho intramolecular Hbond substituents is 1. The molecule has 3 aromatic rings. The largest absolute Gasteiger partial charge is 0.507 e. The number of aliphatic hydroxyl groups is 5. The van der Waals surface area contributed by atoms with Crippen LogP contribution < -0.4 is 15.4 Å². The minimum atomic E-state index is -1.67. The summed E-state index contributed by atoms with van der Waals surface area (Å²) in [6.07, 6.45) is 9.48. The number of nitrogens with one attached hydrogen (secondary N) is 2. The Morgan fingerprint density at radius 3 is 2.47 bits per heavy atom. The number of allylic oxidation sites excluding steroid dienone is 2. The fourth-order valence-corrected chi connectivity index (χ4v) is 15.8. The number of Topliss-reactive ketones (excluding diaryl/α,β-unsaturated/α-hetero) is 1. The minimum Gasteiger partial charge on any atom is -0.507 e. The Balaban J connectivity index is 1.14. The summed E-state index contributed by atoms with van der Waals surface area (Å²) in [4.78, 5) is 44.6. The number of fused-ring (bicyclic) bond motifs is 10. The maximum atomic E-state index is 15.9. The van der Waals surface area contributed by atoms with Gasteiger partial charge >= 0.3 is 11.9 Å². The van der Waals surface area contributed by atoms with Crippen LogP contribution in [0.5, 0.6) is 11.5 Å². The molecule has 3 heterocycles. The molecule has 14 heteroatoms. The molecule has 8 N–H and O–H groups in total. The molecular formula is C64H78N2O12. The first-order valence-electron chi connectivity index (χ1n) is 28.8. The fraction of sp³-hybridized carbons (Fsp3) is 0.578. The van der Waals surface area contributed by atoms with Crippen LogP contribution in [0.15, 0.2) is 72.3 Å². The summed E-state index contributed by atoms with van der Waals surface area (Å²) in [5.41, 5.74) is 1.80. The van der Waals surface area contributed by atoms with Crippen LogP contribution in [-0.2, 0) is 43.1 Å². The van der Waals surface area contributed by atoms with Gasteiger partial charge in [0.2, 0.25) is 0 Å². The van der Waals surface area contributed by atoms with Gasteiger partial charge in [0.1, 0.15) is 40.7 Å². The second-order valence-electron chi connectivity index (χ2n) is 24.5. The Labute approximate surface area is 458 Å². The van der Waals surface area contributed by atoms with E-state index in [0.717, 1.165) is 62.5 Å². The lowest BCUT2D eigenvalue weighted by atomic mass is 9.40. The SMILES string of the molecule is CNC[C@H](O)c1cc(NC[C@@](C)(O)[C@H](O)COC)cc([C@@H]2C#C[C@H]3CC(=O)Oc4c3cc(c(O)c4C3CCCCC3)C[C@H]3OC(=O)/C(=C\[C@H](O)Cc4cccc(c4)C[C@H]4C(=O)C[C@H]5CC[C@@H]6[C@@H]7C=CCC[C@@H]7[C@]3(O)[C@H]5[C@@H]64)C2)c1. The van der Waals surface area contributed by atoms with Crippen molar-refractivity contribution in [3.8, 4) is 23.3 Å². The number of phenols is 1. The lowest BCUT2D eigenvalue weighted by Gasteiger charge is -2.66. The molecule has 0 radical (unpaired) electrons. The van der Waals surface area contributed by atoms with Crippen molar-refractivity contribution in [2.45, 2.75) is 157 Å². The summed E-state index contributed by atoms with van der Waals surface area (Å²) in [6, 6.07) is 15.2. The van der Waals surface area contributed by atoms with Gasteiger partial charge in [0.15, 0.2) is 0 Å². The Morgan fingerprint density at radius 2 is 1.69 bits per heavy atom. The third kappa shape index (κ3) is 10.4. The number of esters is 2. The van der Waals surface area contributed by atoms with Crippen molar-refractivity contribution < 1.29 is 59.2 Å². The highest BCUT2D eigenvalue weighted by molar-refractivity contribution is 5.89. The van der Waals surface area contributed by atoms with Crippen molar-refractivity contribution in [2.24, 2.45) is 41.4 Å². The van der Waals surface area contributed by atoms with Crippen molar-refractivity contribution in [1.29, 1.82) is 0 Å². The van der Waals surface area contributed by atoms with Crippen molar-refractivity contribution in [3.63, 3.8) is 0 Å². The van der Waals surface area contributed by atoms with E-state index in [9.17, 15) is 40.2 Å². The summed E-state index contributed by atoms with van der Waals surface area (Å²) in [5.74, 6) is 3.03. The third-order valence-corrected chi connectivity index (χ3v) is 19.5. The molecule has 3 aromatic carbocycles. The second kappa shape index (κ2) is 22.3. The number of aromatic hydroxyl groups is 1. The molecule has 4 saturated carbocycles. The highest BCUT2D eigenvalue weighted by atomic mass is 16.6. The van der Waals surface area contributed by atoms with Crippen LogP contribution in [0.1, 0.15) is 147 Å². The van der Waals surface area contributed by atoms with E-state index >= 15 is 4.79 Å². The number of hydrogen-bond donors (Lipinski definition) is 8. The molecule has 11 rings (SSSR count). The van der Waals surface area contributed by atoms with Crippen molar-refractivity contribution >= 4 is 23.4 Å². The number of anilines is 1. The van der Waals surface area contributed by atoms with E-state index in [4.69, 9.17) is 14.2 Å². The number of likely N-dealkylation sites (N-methyl/N-ethyl adjacent to an activating group) is 1. The van der Waals surface area contributed by atoms with Crippen LogP contribution in [0.25, 0.3) is 0 Å². The highest BCUT2D eigenvalue weighted by Gasteiger charge is 2.68. The number of hydrogen-bond acceptors (Lipinski definition) is 14. The molecule has 416 valence electrons. The van der Waals surface area contributed by atoms with Gasteiger partial charge in [0.05, 0.1) is 31.2 Å². The average molecular weight is 1070 g/mol. The van der Waals surface area contributed by atoms with Crippen LogP contribution in [0.3, 0.4) is 0 Å². The predicted molar refractivity (Wildman–Crippen MR) is 293 cm³/mol. The first-order valence-corrected chi connectivity index (χ1v) is 28.8. The lowest BCUT2D eigenvalue weighted by molar-refractivity contribution is -0.256. The zero-order chi connectivity index (χ0) is 54.6. The van der Waals surface area contributed by atoms with Gasteiger partial charge in [0.25, 0.3) is 0 Å². The van der Waals surface area contributed by atoms with Gasteiger partial charge in [-0.25, -0.2) is 4.79 Å². The molecule has 15 atom stereocenters. The highest BCUT2D eigenvalue weighted by Crippen LogP contribution is 2.65. The summed E-state index contributed by atoms with van der Waals surface area (Å²) in [6.45, 7) is 1.47. The maximum Gasteiger partial charge on any atom is 0.334 e. The summed E-state index contributed by atoms with van der Waals surface area (Å²) in [5, 5.41) is 79.8. The van der Waals surface area contributed by atoms with E-state index in [1.165, 1.54) is 20.1 Å². The van der Waals surface area contributed by atoms with Crippen molar-refractivity contribution in [1.82, 2.24) is 5.32 Å². The van der Waals surface area contributed by atoms with Gasteiger partial charge in [0, 0.05) is 73.7 Å². The normalized spacial score (nSPS) is 33.8. The topological polar surface area (TPSA) is 224 Å². The van der Waals surface area contributed by atoms with E-state index < -0.39 is 71.2 Å². The Bertz CT molecular complexity index is 2910. The number of benzene rings is 3. The van der Waals surface area contributed by atoms with E-state index in [0.29, 0.717) is 58.5 Å². The molecule has 12 bridgehead atoms. The van der Waals surface area contributed by atoms with Crippen molar-refractivity contribution in [3.05, 3.63) is 111 Å². The van der Waals surface area contributed by atoms with Crippen LogP contribution in [0, 0.1) is 53.3 Å². The quantitative estimate of drug-likeness (QED) is 0.0413. The number of ketones is 1. The molecule has 78 heavy (non-hydrogen) atoms. The minimum absolute atomic E-state index is 0.0350. The monoisotopic (exact) mass is 1070 g/mol. The maximum absolute atomic E-state index is 15.9. The Kier molecular flexibility index (Phi) is 15.6. The molecule has 0 aromatic heterocycles. The van der Waals surface area contributed by atoms with E-state index in [1.54, 1.807) is 13.1 Å². The molecule has 5 aliphatic carbocycles. The molecule has 8 aliphatic rings. The second-order valence-corrected chi connectivity index (χ2v) is 24.5. The first-order chi connectivity index (χ1) is 37.5. The number of methoxy groups -OCH3 is 1. The molecule has 0 saturated heterocycles. The molecule has 3 aliphatic heterocycles. The number of carbonyl (C=O) groups excluding carboxylic acids is 3. The zero-order valence-electron chi connectivity index (χ0n) is 45.3. The molecule has 14 nitrogen and oxygen atoms in total. The summed E-state index contributed by atoms with van der Waals surface area (Å²) in [7, 11) is 3.17. The number of ether oxygens (including phenoxy) is 3. The van der Waals surface area contributed by atoms with Gasteiger partial charge in [-0.2, -0.15) is 0 Å². The van der Waals surface area contributed by atoms with Crippen LogP contribution in [-0.4, -0.2) is 112 Å². The Morgan fingerprint density at radius 1 is 0.910 bits per heavy atom. The predicted octanol–water partition coefficient (Wildman–Crippen LogP) is 7.16. The van der Waals surface area contributed by atoms with Crippen LogP contribution in [0.2, 0.25) is 0 Å². The number of carbonyl (C=O) groups is 3. The first kappa shape index (κ1) is 54.6. The van der Waals surface area contributed by atoms with Crippen LogP contribution >= 0.6 is 0 Å². The van der Waals surface area contributed by atoms with Gasteiger partial charge < -0.3 is 55.5 Å². The molecule has 0 amide bonds. The van der Waals surface area contributed by atoms with Crippen molar-refractivity contribution in [2.75, 3.05) is 39.2 Å². The zero-order valence-corrected chi connectivity index (χ0v) is 45.3. The van der Waals surface area contributed by atoms with Gasteiger partial charge in [-0.05, 0) is 159 Å². The smallest absolute Gasteiger partial charge is 0.334 e. The summed E-state index contributed by atoms with van der Waals surface area (Å²) >= 11 is 0. The molecule has 4 fully saturated rings. The standard InChI is InChI=1S/C64H78N2O12/c1-63(74,54(70)33-76-3)34-66-45-25-41(24-42(26-45)53(69)32-65-2)38-16-17-39-31-56(71)78-61-49(39)28-43(60(72)57(61)37-12-5-4-6-13-37)30-55-64(75)51-15-8-7-14-47(51)48-19-18-40-29-52(68)50(58(48)59(40)64)22-36-11-9-10-35(20-36)21-46(67)27-44(23-38)62(73)77-55/h7,9-11,14,20,24-28,37-40,46-48,50-51,53-55,58-59,65-67,69-70,72,74-75H,4-6,8,12-13,15,18-19,21-23,29-34H2,1-3H3/b44-27-/t38-,39+,40-,46-,47+,48-,50+,51+,53+,54-,55-,58+,59-,63-,64-/m1/s1.